The fourth-order valence-corrected chi connectivity index (χ4v) is 1.78. The van der Waals surface area contributed by atoms with Gasteiger partial charge in [-0.25, -0.2) is 18.5 Å². The van der Waals surface area contributed by atoms with Crippen LogP contribution in [-0.2, 0) is 10.0 Å². The summed E-state index contributed by atoms with van der Waals surface area (Å²) in [4.78, 5) is 3.84. The van der Waals surface area contributed by atoms with Gasteiger partial charge in [0.1, 0.15) is 10.6 Å². The van der Waals surface area contributed by atoms with E-state index in [-0.39, 0.29) is 4.90 Å². The number of pyridine rings is 1. The van der Waals surface area contributed by atoms with E-state index in [9.17, 15) is 8.42 Å². The van der Waals surface area contributed by atoms with Crippen molar-refractivity contribution < 1.29 is 13.2 Å². The van der Waals surface area contributed by atoms with Gasteiger partial charge in [-0.3, -0.25) is 0 Å². The van der Waals surface area contributed by atoms with Crippen molar-refractivity contribution in [2.75, 3.05) is 0 Å². The highest BCUT2D eigenvalue weighted by atomic mass is 32.2. The van der Waals surface area contributed by atoms with Crippen LogP contribution in [-0.4, -0.2) is 13.4 Å². The molecule has 6 heteroatoms. The number of nitrogens with two attached hydrogens (primary N) is 1. The maximum atomic E-state index is 11.0. The van der Waals surface area contributed by atoms with Crippen LogP contribution in [0.1, 0.15) is 5.56 Å². The number of hydrogen-bond donors (Lipinski definition) is 1. The van der Waals surface area contributed by atoms with Crippen LogP contribution in [0.2, 0.25) is 0 Å². The van der Waals surface area contributed by atoms with Crippen LogP contribution < -0.4 is 9.88 Å². The molecule has 5 nitrogen and oxygen atoms in total. The van der Waals surface area contributed by atoms with Gasteiger partial charge in [0.05, 0.1) is 6.20 Å². The fourth-order valence-electron chi connectivity index (χ4n) is 1.32. The Kier molecular flexibility index (Phi) is 3.31. The van der Waals surface area contributed by atoms with Crippen LogP contribution in [0.5, 0.6) is 11.6 Å². The molecule has 0 amide bonds. The Labute approximate surface area is 105 Å². The number of nitrogens with zero attached hydrogens (tertiary/aromatic N) is 1. The summed E-state index contributed by atoms with van der Waals surface area (Å²) < 4.78 is 27.5. The number of aryl methyl sites for hydroxylation is 1. The topological polar surface area (TPSA) is 82.3 Å². The van der Waals surface area contributed by atoms with Crippen LogP contribution in [0.15, 0.2) is 47.5 Å². The van der Waals surface area contributed by atoms with Crippen molar-refractivity contribution >= 4 is 10.0 Å². The summed E-state index contributed by atoms with van der Waals surface area (Å²) in [6.07, 6.45) is 1.17. The Morgan fingerprint density at radius 3 is 2.28 bits per heavy atom. The zero-order valence-corrected chi connectivity index (χ0v) is 10.5. The van der Waals surface area contributed by atoms with Crippen LogP contribution in [0.4, 0.5) is 0 Å². The predicted octanol–water partition coefficient (Wildman–Crippen LogP) is 1.83. The van der Waals surface area contributed by atoms with Gasteiger partial charge in [0.25, 0.3) is 0 Å². The molecule has 0 fully saturated rings. The molecule has 0 aliphatic rings. The second-order valence-corrected chi connectivity index (χ2v) is 5.35. The first kappa shape index (κ1) is 12.5. The minimum atomic E-state index is -3.72. The molecule has 0 spiro atoms. The zero-order chi connectivity index (χ0) is 13.2. The number of aromatic nitrogens is 1. The fraction of sp³-hybridized carbons (Fsp3) is 0.0833. The van der Waals surface area contributed by atoms with Crippen LogP contribution >= 0.6 is 0 Å². The highest BCUT2D eigenvalue weighted by Gasteiger charge is 2.08. The van der Waals surface area contributed by atoms with E-state index in [0.29, 0.717) is 11.6 Å². The lowest BCUT2D eigenvalue weighted by atomic mass is 10.2. The van der Waals surface area contributed by atoms with E-state index in [0.717, 1.165) is 5.56 Å². The Balaban J connectivity index is 2.18. The quantitative estimate of drug-likeness (QED) is 0.916. The monoisotopic (exact) mass is 264 g/mol. The van der Waals surface area contributed by atoms with E-state index >= 15 is 0 Å². The molecule has 2 rings (SSSR count). The minimum absolute atomic E-state index is 0.0428. The van der Waals surface area contributed by atoms with Crippen molar-refractivity contribution in [3.05, 3.63) is 48.2 Å². The van der Waals surface area contributed by atoms with Crippen molar-refractivity contribution in [2.24, 2.45) is 5.14 Å². The molecule has 0 bridgehead atoms. The van der Waals surface area contributed by atoms with Gasteiger partial charge in [-0.15, -0.1) is 0 Å². The van der Waals surface area contributed by atoms with Gasteiger partial charge < -0.3 is 4.74 Å². The molecular formula is C12H12N2O3S. The second-order valence-electron chi connectivity index (χ2n) is 3.79. The van der Waals surface area contributed by atoms with E-state index in [1.165, 1.54) is 18.3 Å². The van der Waals surface area contributed by atoms with Crippen molar-refractivity contribution in [2.45, 2.75) is 11.8 Å². The van der Waals surface area contributed by atoms with E-state index in [4.69, 9.17) is 9.88 Å². The lowest BCUT2D eigenvalue weighted by Gasteiger charge is -2.05. The lowest BCUT2D eigenvalue weighted by Crippen LogP contribution is -2.12. The number of primary sulfonamides is 1. The standard InChI is InChI=1S/C12H12N2O3S/c1-9-2-4-10(5-3-9)17-12-7-6-11(8-14-12)18(13,15)16/h2-8H,1H3,(H2,13,15,16). The molecule has 0 radical (unpaired) electrons. The molecule has 0 atom stereocenters. The molecule has 2 aromatic rings. The van der Waals surface area contributed by atoms with Gasteiger partial charge in [0.15, 0.2) is 0 Å². The third kappa shape index (κ3) is 3.06. The van der Waals surface area contributed by atoms with Crippen LogP contribution in [0.25, 0.3) is 0 Å². The summed E-state index contributed by atoms with van der Waals surface area (Å²) in [6.45, 7) is 1.98. The average Bonchev–Trinajstić information content (AvgIpc) is 2.32. The molecule has 0 aliphatic heterocycles. The maximum absolute atomic E-state index is 11.0. The van der Waals surface area contributed by atoms with Gasteiger partial charge >= 0.3 is 0 Å². The highest BCUT2D eigenvalue weighted by Crippen LogP contribution is 2.20. The first-order chi connectivity index (χ1) is 8.45. The maximum Gasteiger partial charge on any atom is 0.239 e. The summed E-state index contributed by atoms with van der Waals surface area (Å²) in [5.74, 6) is 0.947. The molecule has 18 heavy (non-hydrogen) atoms. The average molecular weight is 264 g/mol. The largest absolute Gasteiger partial charge is 0.439 e. The predicted molar refractivity (Wildman–Crippen MR) is 66.9 cm³/mol. The molecule has 1 aromatic heterocycles. The zero-order valence-electron chi connectivity index (χ0n) is 9.70. The summed E-state index contributed by atoms with van der Waals surface area (Å²) in [7, 11) is -3.72. The SMILES string of the molecule is Cc1ccc(Oc2ccc(S(N)(=O)=O)cn2)cc1. The van der Waals surface area contributed by atoms with E-state index < -0.39 is 10.0 Å². The van der Waals surface area contributed by atoms with Crippen LogP contribution in [0, 0.1) is 6.92 Å². The molecule has 94 valence electrons. The van der Waals surface area contributed by atoms with E-state index in [1.54, 1.807) is 0 Å². The molecule has 0 saturated heterocycles. The number of benzene rings is 1. The third-order valence-electron chi connectivity index (χ3n) is 2.28. The van der Waals surface area contributed by atoms with Gasteiger partial charge in [0, 0.05) is 6.07 Å². The summed E-state index contributed by atoms with van der Waals surface area (Å²) >= 11 is 0. The van der Waals surface area contributed by atoms with E-state index in [1.807, 2.05) is 31.2 Å². The smallest absolute Gasteiger partial charge is 0.239 e. The third-order valence-corrected chi connectivity index (χ3v) is 3.18. The number of rotatable bonds is 3. The van der Waals surface area contributed by atoms with E-state index in [2.05, 4.69) is 4.98 Å². The first-order valence-corrected chi connectivity index (χ1v) is 6.73. The molecule has 0 saturated carbocycles. The van der Waals surface area contributed by atoms with Crippen molar-refractivity contribution in [1.82, 2.24) is 4.98 Å². The Morgan fingerprint density at radius 2 is 1.78 bits per heavy atom. The molecule has 1 aromatic carbocycles. The number of sulfonamides is 1. The minimum Gasteiger partial charge on any atom is -0.439 e. The Hall–Kier alpha value is -1.92. The molecule has 1 heterocycles. The van der Waals surface area contributed by atoms with Crippen LogP contribution in [0.3, 0.4) is 0 Å². The number of hydrogen-bond acceptors (Lipinski definition) is 4. The second kappa shape index (κ2) is 4.75. The van der Waals surface area contributed by atoms with Crippen molar-refractivity contribution in [1.29, 1.82) is 0 Å². The van der Waals surface area contributed by atoms with Gasteiger partial charge in [-0.2, -0.15) is 0 Å². The summed E-state index contributed by atoms with van der Waals surface area (Å²) in [5.41, 5.74) is 1.12. The molecule has 2 N–H and O–H groups in total. The molecule has 0 unspecified atom stereocenters. The Morgan fingerprint density at radius 1 is 1.11 bits per heavy atom. The summed E-state index contributed by atoms with van der Waals surface area (Å²) in [6, 6.07) is 10.3. The highest BCUT2D eigenvalue weighted by molar-refractivity contribution is 7.89. The van der Waals surface area contributed by atoms with Gasteiger partial charge in [-0.1, -0.05) is 17.7 Å². The normalized spacial score (nSPS) is 11.2. The van der Waals surface area contributed by atoms with Gasteiger partial charge in [-0.05, 0) is 25.1 Å². The van der Waals surface area contributed by atoms with Crippen molar-refractivity contribution in [3.63, 3.8) is 0 Å². The Bertz CT molecular complexity index is 634. The lowest BCUT2D eigenvalue weighted by molar-refractivity contribution is 0.462. The van der Waals surface area contributed by atoms with Crippen molar-refractivity contribution in [3.8, 4) is 11.6 Å². The number of ether oxygens (including phenoxy) is 1. The molecule has 0 aliphatic carbocycles. The van der Waals surface area contributed by atoms with Gasteiger partial charge in [0.2, 0.25) is 15.9 Å². The summed E-state index contributed by atoms with van der Waals surface area (Å²) in [5, 5.41) is 4.97. The molecular weight excluding hydrogens is 252 g/mol. The first-order valence-electron chi connectivity index (χ1n) is 5.18.